The van der Waals surface area contributed by atoms with Crippen LogP contribution >= 0.6 is 0 Å². The van der Waals surface area contributed by atoms with Gasteiger partial charge in [0.25, 0.3) is 0 Å². The first-order chi connectivity index (χ1) is 17.7. The van der Waals surface area contributed by atoms with Crippen LogP contribution in [0.3, 0.4) is 0 Å². The topological polar surface area (TPSA) is 20.3 Å². The van der Waals surface area contributed by atoms with Crippen molar-refractivity contribution in [2.24, 2.45) is 0 Å². The summed E-state index contributed by atoms with van der Waals surface area (Å²) in [6.07, 6.45) is 28.8. The highest BCUT2D eigenvalue weighted by atomic mass is 16.2. The van der Waals surface area contributed by atoms with Crippen LogP contribution in [0.2, 0.25) is 0 Å². The van der Waals surface area contributed by atoms with E-state index in [0.717, 1.165) is 43.6 Å². The zero-order valence-electron chi connectivity index (χ0n) is 23.9. The summed E-state index contributed by atoms with van der Waals surface area (Å²) in [5, 5.41) is 0. The molecule has 1 aromatic rings. The Balaban J connectivity index is 1.60. The van der Waals surface area contributed by atoms with E-state index in [2.05, 4.69) is 61.4 Å². The Morgan fingerprint density at radius 1 is 0.750 bits per heavy atom. The summed E-state index contributed by atoms with van der Waals surface area (Å²) < 4.78 is 0.888. The number of likely N-dealkylation sites (tertiary alicyclic amines) is 1. The van der Waals surface area contributed by atoms with Crippen molar-refractivity contribution in [2.75, 3.05) is 26.3 Å². The monoisotopic (exact) mass is 497 g/mol. The second-order valence-corrected chi connectivity index (χ2v) is 11.2. The van der Waals surface area contributed by atoms with Crippen molar-refractivity contribution in [1.29, 1.82) is 0 Å². The minimum atomic E-state index is 0.339. The largest absolute Gasteiger partial charge is 0.295 e. The molecule has 204 valence electrons. The van der Waals surface area contributed by atoms with Gasteiger partial charge in [-0.3, -0.25) is 14.2 Å². The first-order valence-electron chi connectivity index (χ1n) is 15.6. The van der Waals surface area contributed by atoms with Crippen molar-refractivity contribution in [3.63, 3.8) is 0 Å². The molecule has 0 saturated carbocycles. The standard InChI is InChI=1S/C33H57N2O/c1-3-5-6-7-8-9-10-11-12-13-14-15-16-17-18-22-29-35(4-2,31-34-28-23-26-33(34)36)30-27-32-24-20-19-21-25-32/h19-21,24-25,27,30H,3-18,22-23,26,28-29,31H2,1-2H3/q+1. The highest BCUT2D eigenvalue weighted by molar-refractivity contribution is 5.77. The number of unbranched alkanes of at least 4 members (excludes halogenated alkanes) is 15. The number of quaternary nitrogens is 1. The molecule has 0 radical (unpaired) electrons. The van der Waals surface area contributed by atoms with Gasteiger partial charge in [0.05, 0.1) is 19.3 Å². The molecule has 1 heterocycles. The molecule has 3 heteroatoms. The van der Waals surface area contributed by atoms with E-state index in [1.54, 1.807) is 0 Å². The highest BCUT2D eigenvalue weighted by Gasteiger charge is 2.30. The van der Waals surface area contributed by atoms with Gasteiger partial charge in [-0.1, -0.05) is 127 Å². The van der Waals surface area contributed by atoms with Crippen LogP contribution in [-0.4, -0.2) is 41.6 Å². The minimum Gasteiger partial charge on any atom is -0.295 e. The molecular formula is C33H57N2O+. The van der Waals surface area contributed by atoms with E-state index in [1.807, 2.05) is 0 Å². The maximum atomic E-state index is 12.4. The molecule has 1 amide bonds. The zero-order valence-corrected chi connectivity index (χ0v) is 23.9. The third kappa shape index (κ3) is 13.1. The lowest BCUT2D eigenvalue weighted by molar-refractivity contribution is -0.886. The fraction of sp³-hybridized carbons (Fsp3) is 0.727. The molecule has 1 atom stereocenters. The van der Waals surface area contributed by atoms with Gasteiger partial charge in [-0.05, 0) is 37.8 Å². The normalized spacial score (nSPS) is 15.7. The molecular weight excluding hydrogens is 440 g/mol. The molecule has 0 bridgehead atoms. The minimum absolute atomic E-state index is 0.339. The molecule has 1 aromatic carbocycles. The summed E-state index contributed by atoms with van der Waals surface area (Å²) in [5.41, 5.74) is 1.24. The number of carbonyl (C=O) groups is 1. The van der Waals surface area contributed by atoms with Gasteiger partial charge in [-0.15, -0.1) is 0 Å². The number of rotatable bonds is 22. The molecule has 0 spiro atoms. The number of hydrogen-bond donors (Lipinski definition) is 0. The third-order valence-electron chi connectivity index (χ3n) is 8.09. The van der Waals surface area contributed by atoms with Crippen molar-refractivity contribution < 1.29 is 9.28 Å². The lowest BCUT2D eigenvalue weighted by Crippen LogP contribution is -2.51. The van der Waals surface area contributed by atoms with Crippen LogP contribution < -0.4 is 0 Å². The van der Waals surface area contributed by atoms with Gasteiger partial charge in [0.2, 0.25) is 5.91 Å². The summed E-state index contributed by atoms with van der Waals surface area (Å²) in [7, 11) is 0. The Kier molecular flexibility index (Phi) is 16.6. The second-order valence-electron chi connectivity index (χ2n) is 11.2. The Hall–Kier alpha value is -1.61. The van der Waals surface area contributed by atoms with Crippen LogP contribution in [0, 0.1) is 0 Å². The maximum Gasteiger partial charge on any atom is 0.226 e. The molecule has 1 aliphatic heterocycles. The molecule has 2 rings (SSSR count). The van der Waals surface area contributed by atoms with Crippen LogP contribution in [-0.2, 0) is 4.79 Å². The third-order valence-corrected chi connectivity index (χ3v) is 8.09. The van der Waals surface area contributed by atoms with Crippen molar-refractivity contribution in [1.82, 2.24) is 4.90 Å². The predicted molar refractivity (Wildman–Crippen MR) is 157 cm³/mol. The molecule has 1 unspecified atom stereocenters. The molecule has 0 aliphatic carbocycles. The molecule has 0 N–H and O–H groups in total. The second kappa shape index (κ2) is 19.5. The van der Waals surface area contributed by atoms with E-state index in [0.29, 0.717) is 5.91 Å². The van der Waals surface area contributed by atoms with E-state index in [1.165, 1.54) is 108 Å². The predicted octanol–water partition coefficient (Wildman–Crippen LogP) is 9.34. The lowest BCUT2D eigenvalue weighted by Gasteiger charge is -2.37. The Labute approximate surface area is 223 Å². The van der Waals surface area contributed by atoms with Crippen molar-refractivity contribution >= 4 is 12.0 Å². The van der Waals surface area contributed by atoms with Gasteiger partial charge >= 0.3 is 0 Å². The summed E-state index contributed by atoms with van der Waals surface area (Å²) in [6, 6.07) is 10.6. The Morgan fingerprint density at radius 3 is 1.75 bits per heavy atom. The van der Waals surface area contributed by atoms with Crippen LogP contribution in [0.15, 0.2) is 36.5 Å². The number of nitrogens with zero attached hydrogens (tertiary/aromatic N) is 2. The van der Waals surface area contributed by atoms with E-state index in [-0.39, 0.29) is 0 Å². The van der Waals surface area contributed by atoms with E-state index in [9.17, 15) is 4.79 Å². The van der Waals surface area contributed by atoms with Crippen molar-refractivity contribution in [2.45, 2.75) is 129 Å². The number of benzene rings is 1. The zero-order chi connectivity index (χ0) is 25.7. The van der Waals surface area contributed by atoms with Crippen LogP contribution in [0.4, 0.5) is 0 Å². The van der Waals surface area contributed by atoms with E-state index in [4.69, 9.17) is 0 Å². The highest BCUT2D eigenvalue weighted by Crippen LogP contribution is 2.20. The van der Waals surface area contributed by atoms with Gasteiger partial charge in [0, 0.05) is 13.0 Å². The first-order valence-corrected chi connectivity index (χ1v) is 15.6. The smallest absolute Gasteiger partial charge is 0.226 e. The van der Waals surface area contributed by atoms with Gasteiger partial charge in [0.15, 0.2) is 6.67 Å². The van der Waals surface area contributed by atoms with E-state index >= 15 is 0 Å². The van der Waals surface area contributed by atoms with Crippen LogP contribution in [0.5, 0.6) is 0 Å². The fourth-order valence-electron chi connectivity index (χ4n) is 5.53. The number of carbonyl (C=O) groups excluding carboxylic acids is 1. The molecule has 1 fully saturated rings. The molecule has 1 saturated heterocycles. The first kappa shape index (κ1) is 30.6. The summed E-state index contributed by atoms with van der Waals surface area (Å²) >= 11 is 0. The summed E-state index contributed by atoms with van der Waals surface area (Å²) in [6.45, 7) is 8.49. The van der Waals surface area contributed by atoms with Gasteiger partial charge in [-0.25, -0.2) is 0 Å². The quantitative estimate of drug-likeness (QED) is 0.115. The van der Waals surface area contributed by atoms with Crippen LogP contribution in [0.25, 0.3) is 6.08 Å². The van der Waals surface area contributed by atoms with Gasteiger partial charge in [0.1, 0.15) is 0 Å². The Morgan fingerprint density at radius 2 is 1.28 bits per heavy atom. The van der Waals surface area contributed by atoms with Gasteiger partial charge < -0.3 is 0 Å². The molecule has 1 aliphatic rings. The summed E-state index contributed by atoms with van der Waals surface area (Å²) in [5.74, 6) is 0.339. The SMILES string of the molecule is CCCCCCCCCCCCCCCCCC[N+](C=Cc1ccccc1)(CC)CN1CCCC1=O. The van der Waals surface area contributed by atoms with Gasteiger partial charge in [-0.2, -0.15) is 0 Å². The van der Waals surface area contributed by atoms with E-state index < -0.39 is 0 Å². The molecule has 3 nitrogen and oxygen atoms in total. The average molecular weight is 498 g/mol. The molecule has 36 heavy (non-hydrogen) atoms. The summed E-state index contributed by atoms with van der Waals surface area (Å²) in [4.78, 5) is 14.5. The average Bonchev–Trinajstić information content (AvgIpc) is 3.31. The van der Waals surface area contributed by atoms with Crippen molar-refractivity contribution in [3.05, 3.63) is 42.1 Å². The maximum absolute atomic E-state index is 12.4. The lowest BCUT2D eigenvalue weighted by atomic mass is 10.0. The molecule has 0 aromatic heterocycles. The number of amides is 1. The number of hydrogen-bond acceptors (Lipinski definition) is 1. The van der Waals surface area contributed by atoms with Crippen LogP contribution in [0.1, 0.15) is 135 Å². The Bertz CT molecular complexity index is 701. The fourth-order valence-corrected chi connectivity index (χ4v) is 5.53. The van der Waals surface area contributed by atoms with Crippen molar-refractivity contribution in [3.8, 4) is 0 Å².